The van der Waals surface area contributed by atoms with Crippen molar-refractivity contribution in [1.82, 2.24) is 4.90 Å². The molecule has 1 atom stereocenters. The number of amides is 1. The van der Waals surface area contributed by atoms with Gasteiger partial charge in [0.05, 0.1) is 12.7 Å². The maximum absolute atomic E-state index is 12.4. The molecule has 1 aliphatic rings. The highest BCUT2D eigenvalue weighted by molar-refractivity contribution is 5.89. The van der Waals surface area contributed by atoms with E-state index in [-0.39, 0.29) is 23.7 Å². The van der Waals surface area contributed by atoms with E-state index in [0.717, 1.165) is 6.42 Å². The summed E-state index contributed by atoms with van der Waals surface area (Å²) in [6, 6.07) is 6.89. The highest BCUT2D eigenvalue weighted by Gasteiger charge is 2.40. The molecule has 1 aromatic carbocycles. The molecule has 26 heavy (non-hydrogen) atoms. The molecule has 2 rings (SSSR count). The van der Waals surface area contributed by atoms with Crippen molar-refractivity contribution in [2.24, 2.45) is 0 Å². The van der Waals surface area contributed by atoms with Crippen LogP contribution in [0.1, 0.15) is 57.8 Å². The fourth-order valence-electron chi connectivity index (χ4n) is 3.08. The van der Waals surface area contributed by atoms with E-state index >= 15 is 0 Å². The minimum absolute atomic E-state index is 0.00679. The lowest BCUT2D eigenvalue weighted by atomic mass is 9.89. The summed E-state index contributed by atoms with van der Waals surface area (Å²) in [6.45, 7) is 10.2. The van der Waals surface area contributed by atoms with E-state index in [1.165, 1.54) is 7.11 Å². The van der Waals surface area contributed by atoms with Crippen LogP contribution in [0, 0.1) is 0 Å². The summed E-state index contributed by atoms with van der Waals surface area (Å²) in [5.74, 6) is 0.326. The van der Waals surface area contributed by atoms with Gasteiger partial charge in [-0.15, -0.1) is 0 Å². The lowest BCUT2D eigenvalue weighted by Gasteiger charge is -2.45. The molecule has 1 aliphatic heterocycles. The van der Waals surface area contributed by atoms with E-state index < -0.39 is 5.60 Å². The van der Waals surface area contributed by atoms with Gasteiger partial charge in [0, 0.05) is 24.9 Å². The predicted molar refractivity (Wildman–Crippen MR) is 98.5 cm³/mol. The lowest BCUT2D eigenvalue weighted by molar-refractivity contribution is -0.0262. The van der Waals surface area contributed by atoms with Gasteiger partial charge in [0.2, 0.25) is 0 Å². The zero-order valence-electron chi connectivity index (χ0n) is 16.5. The topological polar surface area (TPSA) is 65.1 Å². The Morgan fingerprint density at radius 2 is 1.77 bits per heavy atom. The van der Waals surface area contributed by atoms with Gasteiger partial charge >= 0.3 is 12.1 Å². The van der Waals surface area contributed by atoms with Gasteiger partial charge in [-0.25, -0.2) is 9.59 Å². The quantitative estimate of drug-likeness (QED) is 0.759. The minimum atomic E-state index is -0.512. The molecule has 0 saturated carbocycles. The van der Waals surface area contributed by atoms with Crippen molar-refractivity contribution < 1.29 is 23.8 Å². The smallest absolute Gasteiger partial charge is 0.410 e. The largest absolute Gasteiger partial charge is 0.490 e. The minimum Gasteiger partial charge on any atom is -0.490 e. The summed E-state index contributed by atoms with van der Waals surface area (Å²) in [4.78, 5) is 25.7. The number of benzene rings is 1. The number of rotatable bonds is 3. The van der Waals surface area contributed by atoms with Crippen LogP contribution >= 0.6 is 0 Å². The Kier molecular flexibility index (Phi) is 5.84. The first-order valence-electron chi connectivity index (χ1n) is 8.87. The van der Waals surface area contributed by atoms with Crippen LogP contribution in [0.15, 0.2) is 24.3 Å². The molecule has 0 bridgehead atoms. The second-order valence-electron chi connectivity index (χ2n) is 8.19. The van der Waals surface area contributed by atoms with Gasteiger partial charge in [0.1, 0.15) is 17.5 Å². The summed E-state index contributed by atoms with van der Waals surface area (Å²) in [5, 5.41) is 0. The molecule has 1 amide bonds. The van der Waals surface area contributed by atoms with Crippen LogP contribution in [0.3, 0.4) is 0 Å². The van der Waals surface area contributed by atoms with Crippen LogP contribution in [0.4, 0.5) is 4.79 Å². The predicted octanol–water partition coefficient (Wildman–Crippen LogP) is 4.03. The van der Waals surface area contributed by atoms with Gasteiger partial charge < -0.3 is 19.1 Å². The number of carbonyl (C=O) groups excluding carboxylic acids is 2. The third-order valence-electron chi connectivity index (χ3n) is 4.32. The number of piperidine rings is 1. The van der Waals surface area contributed by atoms with Crippen molar-refractivity contribution in [1.29, 1.82) is 0 Å². The zero-order chi connectivity index (χ0) is 19.5. The van der Waals surface area contributed by atoms with Gasteiger partial charge in [0.15, 0.2) is 0 Å². The highest BCUT2D eigenvalue weighted by Crippen LogP contribution is 2.31. The molecule has 0 radical (unpaired) electrons. The number of nitrogens with zero attached hydrogens (tertiary/aromatic N) is 1. The van der Waals surface area contributed by atoms with Crippen molar-refractivity contribution in [3.8, 4) is 5.75 Å². The normalized spacial score (nSPS) is 19.6. The van der Waals surface area contributed by atoms with Gasteiger partial charge in [-0.05, 0) is 58.9 Å². The summed E-state index contributed by atoms with van der Waals surface area (Å²) in [6.07, 6.45) is 1.13. The van der Waals surface area contributed by atoms with Crippen LogP contribution in [0.25, 0.3) is 0 Å². The monoisotopic (exact) mass is 363 g/mol. The Morgan fingerprint density at radius 1 is 1.15 bits per heavy atom. The lowest BCUT2D eigenvalue weighted by Crippen LogP contribution is -2.56. The number of methoxy groups -OCH3 is 1. The Hall–Kier alpha value is -2.24. The van der Waals surface area contributed by atoms with E-state index in [0.29, 0.717) is 24.3 Å². The average Bonchev–Trinajstić information content (AvgIpc) is 2.52. The Labute approximate surface area is 155 Å². The second kappa shape index (κ2) is 7.56. The molecule has 1 aromatic rings. The molecule has 0 N–H and O–H groups in total. The molecule has 1 heterocycles. The Morgan fingerprint density at radius 3 is 2.27 bits per heavy atom. The van der Waals surface area contributed by atoms with Crippen molar-refractivity contribution in [3.63, 3.8) is 0 Å². The van der Waals surface area contributed by atoms with Crippen molar-refractivity contribution >= 4 is 12.1 Å². The number of carbonyl (C=O) groups is 2. The first-order valence-corrected chi connectivity index (χ1v) is 8.87. The first kappa shape index (κ1) is 20.1. The third-order valence-corrected chi connectivity index (χ3v) is 4.32. The third kappa shape index (κ3) is 5.13. The Bertz CT molecular complexity index is 645. The van der Waals surface area contributed by atoms with Gasteiger partial charge in [-0.1, -0.05) is 0 Å². The summed E-state index contributed by atoms with van der Waals surface area (Å²) in [5.41, 5.74) is -0.390. The molecular formula is C20H29NO5. The van der Waals surface area contributed by atoms with Gasteiger partial charge in [-0.2, -0.15) is 0 Å². The van der Waals surface area contributed by atoms with Crippen molar-refractivity contribution in [2.45, 2.75) is 64.7 Å². The molecule has 1 saturated heterocycles. The van der Waals surface area contributed by atoms with Crippen LogP contribution in [0.2, 0.25) is 0 Å². The summed E-state index contributed by atoms with van der Waals surface area (Å²) in [7, 11) is 1.35. The second-order valence-corrected chi connectivity index (χ2v) is 8.19. The van der Waals surface area contributed by atoms with Crippen LogP contribution in [-0.4, -0.2) is 47.9 Å². The fourth-order valence-corrected chi connectivity index (χ4v) is 3.08. The first-order chi connectivity index (χ1) is 12.0. The summed E-state index contributed by atoms with van der Waals surface area (Å²) < 4.78 is 16.3. The maximum Gasteiger partial charge on any atom is 0.410 e. The number of hydrogen-bond acceptors (Lipinski definition) is 5. The van der Waals surface area contributed by atoms with Crippen molar-refractivity contribution in [3.05, 3.63) is 29.8 Å². The molecular weight excluding hydrogens is 334 g/mol. The van der Waals surface area contributed by atoms with E-state index in [1.54, 1.807) is 29.2 Å². The van der Waals surface area contributed by atoms with E-state index in [9.17, 15) is 9.59 Å². The van der Waals surface area contributed by atoms with E-state index in [2.05, 4.69) is 0 Å². The van der Waals surface area contributed by atoms with Gasteiger partial charge in [-0.3, -0.25) is 0 Å². The SMILES string of the molecule is COC(=O)c1ccc(OC2CCN(C(=O)OC(C)(C)C)C(C)(C)C2)cc1. The summed E-state index contributed by atoms with van der Waals surface area (Å²) >= 11 is 0. The molecule has 1 fully saturated rings. The van der Waals surface area contributed by atoms with E-state index in [4.69, 9.17) is 14.2 Å². The fraction of sp³-hybridized carbons (Fsp3) is 0.600. The molecule has 0 spiro atoms. The number of hydrogen-bond donors (Lipinski definition) is 0. The van der Waals surface area contributed by atoms with Crippen LogP contribution in [0.5, 0.6) is 5.75 Å². The van der Waals surface area contributed by atoms with Crippen LogP contribution < -0.4 is 4.74 Å². The molecule has 1 unspecified atom stereocenters. The van der Waals surface area contributed by atoms with E-state index in [1.807, 2.05) is 34.6 Å². The number of ether oxygens (including phenoxy) is 3. The number of likely N-dealkylation sites (tertiary alicyclic amines) is 1. The molecule has 6 nitrogen and oxygen atoms in total. The standard InChI is InChI=1S/C20H29NO5/c1-19(2,3)26-18(23)21-12-11-16(13-20(21,4)5)25-15-9-7-14(8-10-15)17(22)24-6/h7-10,16H,11-13H2,1-6H3. The Balaban J connectivity index is 1.98. The van der Waals surface area contributed by atoms with Gasteiger partial charge in [0.25, 0.3) is 0 Å². The zero-order valence-corrected chi connectivity index (χ0v) is 16.5. The van der Waals surface area contributed by atoms with Crippen molar-refractivity contribution in [2.75, 3.05) is 13.7 Å². The molecule has 144 valence electrons. The highest BCUT2D eigenvalue weighted by atomic mass is 16.6. The molecule has 0 aliphatic carbocycles. The van der Waals surface area contributed by atoms with Crippen LogP contribution in [-0.2, 0) is 9.47 Å². The maximum atomic E-state index is 12.4. The molecule has 6 heteroatoms. The average molecular weight is 363 g/mol. The number of esters is 1. The molecule has 0 aromatic heterocycles.